The second-order valence-corrected chi connectivity index (χ2v) is 8.17. The van der Waals surface area contributed by atoms with E-state index in [1.165, 1.54) is 5.56 Å². The van der Waals surface area contributed by atoms with Crippen molar-refractivity contribution in [1.82, 2.24) is 14.7 Å². The van der Waals surface area contributed by atoms with E-state index in [0.29, 0.717) is 24.4 Å². The van der Waals surface area contributed by atoms with E-state index in [-0.39, 0.29) is 18.9 Å². The quantitative estimate of drug-likeness (QED) is 0.499. The van der Waals surface area contributed by atoms with E-state index < -0.39 is 0 Å². The molecule has 164 valence electrons. The van der Waals surface area contributed by atoms with E-state index in [4.69, 9.17) is 9.47 Å². The number of ether oxygens (including phenoxy) is 2. The second-order valence-electron chi connectivity index (χ2n) is 8.17. The molecule has 2 aliphatic heterocycles. The van der Waals surface area contributed by atoms with Gasteiger partial charge in [0.15, 0.2) is 11.5 Å². The highest BCUT2D eigenvalue weighted by Gasteiger charge is 2.34. The number of benzene rings is 3. The van der Waals surface area contributed by atoms with Crippen LogP contribution < -0.4 is 14.8 Å². The van der Waals surface area contributed by atoms with Gasteiger partial charge in [-0.1, -0.05) is 48.5 Å². The van der Waals surface area contributed by atoms with Gasteiger partial charge in [0.2, 0.25) is 6.79 Å². The van der Waals surface area contributed by atoms with Crippen LogP contribution in [0.25, 0.3) is 0 Å². The zero-order valence-electron chi connectivity index (χ0n) is 17.8. The normalized spacial score (nSPS) is 16.4. The topological polar surface area (TPSA) is 68.6 Å². The summed E-state index contributed by atoms with van der Waals surface area (Å²) in [5.74, 6) is 1.41. The molecule has 0 bridgehead atoms. The van der Waals surface area contributed by atoms with Crippen molar-refractivity contribution in [3.63, 3.8) is 0 Å². The predicted octanol–water partition coefficient (Wildman–Crippen LogP) is 4.43. The third-order valence-corrected chi connectivity index (χ3v) is 5.97. The molecule has 0 saturated carbocycles. The Morgan fingerprint density at radius 3 is 2.64 bits per heavy atom. The third kappa shape index (κ3) is 3.67. The molecule has 1 aromatic heterocycles. The molecule has 3 heterocycles. The van der Waals surface area contributed by atoms with Gasteiger partial charge in [-0.15, -0.1) is 0 Å². The van der Waals surface area contributed by atoms with Gasteiger partial charge in [0.1, 0.15) is 6.17 Å². The first-order valence-corrected chi connectivity index (χ1v) is 10.9. The van der Waals surface area contributed by atoms with Crippen LogP contribution in [0.4, 0.5) is 5.69 Å². The molecule has 0 spiro atoms. The Kier molecular flexibility index (Phi) is 4.72. The summed E-state index contributed by atoms with van der Waals surface area (Å²) in [7, 11) is 0. The van der Waals surface area contributed by atoms with E-state index in [0.717, 1.165) is 22.6 Å². The SMILES string of the molecule is O=C1c2ccccc2N[C@H](c2cnn(Cc3ccccc3)c2)N1Cc1ccc2c(c1)OCO2. The van der Waals surface area contributed by atoms with Gasteiger partial charge in [-0.25, -0.2) is 0 Å². The molecule has 0 saturated heterocycles. The highest BCUT2D eigenvalue weighted by atomic mass is 16.7. The average Bonchev–Trinajstić information content (AvgIpc) is 3.51. The lowest BCUT2D eigenvalue weighted by atomic mass is 10.0. The van der Waals surface area contributed by atoms with E-state index >= 15 is 0 Å². The fraction of sp³-hybridized carbons (Fsp3) is 0.154. The molecule has 3 aromatic carbocycles. The molecule has 0 fully saturated rings. The summed E-state index contributed by atoms with van der Waals surface area (Å²) >= 11 is 0. The lowest BCUT2D eigenvalue weighted by Crippen LogP contribution is -2.42. The number of carbonyl (C=O) groups is 1. The monoisotopic (exact) mass is 438 g/mol. The Hall–Kier alpha value is -4.26. The summed E-state index contributed by atoms with van der Waals surface area (Å²) in [6.07, 6.45) is 3.48. The lowest BCUT2D eigenvalue weighted by Gasteiger charge is -2.37. The van der Waals surface area contributed by atoms with Crippen LogP contribution in [0.2, 0.25) is 0 Å². The molecule has 2 aliphatic rings. The summed E-state index contributed by atoms with van der Waals surface area (Å²) in [5.41, 5.74) is 4.55. The number of carbonyl (C=O) groups excluding carboxylic acids is 1. The molecular weight excluding hydrogens is 416 g/mol. The van der Waals surface area contributed by atoms with Gasteiger partial charge in [0.25, 0.3) is 5.91 Å². The third-order valence-electron chi connectivity index (χ3n) is 5.97. The Bertz CT molecular complexity index is 1320. The van der Waals surface area contributed by atoms with E-state index in [9.17, 15) is 4.79 Å². The van der Waals surface area contributed by atoms with Crippen LogP contribution in [-0.2, 0) is 13.1 Å². The number of anilines is 1. The van der Waals surface area contributed by atoms with Crippen LogP contribution in [0.15, 0.2) is 85.2 Å². The second kappa shape index (κ2) is 8.02. The molecule has 7 nitrogen and oxygen atoms in total. The van der Waals surface area contributed by atoms with Crippen molar-refractivity contribution in [2.75, 3.05) is 12.1 Å². The van der Waals surface area contributed by atoms with Crippen molar-refractivity contribution in [1.29, 1.82) is 0 Å². The van der Waals surface area contributed by atoms with Crippen molar-refractivity contribution < 1.29 is 14.3 Å². The summed E-state index contributed by atoms with van der Waals surface area (Å²) in [6, 6.07) is 23.6. The molecule has 6 rings (SSSR count). The van der Waals surface area contributed by atoms with E-state index in [1.54, 1.807) is 0 Å². The number of rotatable bonds is 5. The molecule has 0 unspecified atom stereocenters. The van der Waals surface area contributed by atoms with Crippen LogP contribution in [0.1, 0.15) is 33.2 Å². The molecule has 4 aromatic rings. The number of fused-ring (bicyclic) bond motifs is 2. The molecule has 0 aliphatic carbocycles. The van der Waals surface area contributed by atoms with Gasteiger partial charge < -0.3 is 19.7 Å². The number of nitrogens with zero attached hydrogens (tertiary/aromatic N) is 3. The predicted molar refractivity (Wildman–Crippen MR) is 123 cm³/mol. The maximum atomic E-state index is 13.5. The van der Waals surface area contributed by atoms with Gasteiger partial charge in [0, 0.05) is 24.0 Å². The number of amides is 1. The first-order chi connectivity index (χ1) is 16.2. The number of aromatic nitrogens is 2. The number of hydrogen-bond donors (Lipinski definition) is 1. The summed E-state index contributed by atoms with van der Waals surface area (Å²) in [5, 5.41) is 8.10. The summed E-state index contributed by atoms with van der Waals surface area (Å²) in [4.78, 5) is 15.4. The molecule has 0 radical (unpaired) electrons. The Morgan fingerprint density at radius 1 is 0.909 bits per heavy atom. The molecule has 7 heteroatoms. The number of para-hydroxylation sites is 1. The van der Waals surface area contributed by atoms with Crippen LogP contribution in [-0.4, -0.2) is 27.4 Å². The molecule has 33 heavy (non-hydrogen) atoms. The zero-order valence-corrected chi connectivity index (χ0v) is 17.8. The van der Waals surface area contributed by atoms with Crippen molar-refractivity contribution in [2.24, 2.45) is 0 Å². The van der Waals surface area contributed by atoms with Crippen LogP contribution >= 0.6 is 0 Å². The summed E-state index contributed by atoms with van der Waals surface area (Å²) < 4.78 is 12.9. The van der Waals surface area contributed by atoms with Gasteiger partial charge in [0.05, 0.1) is 18.3 Å². The molecular formula is C26H22N4O3. The minimum atomic E-state index is -0.345. The lowest BCUT2D eigenvalue weighted by molar-refractivity contribution is 0.0666. The van der Waals surface area contributed by atoms with E-state index in [1.807, 2.05) is 82.6 Å². The standard InChI is InChI=1S/C26H22N4O3/c31-26-21-8-4-5-9-22(21)28-25(20-13-27-29(16-20)14-18-6-2-1-3-7-18)30(26)15-19-10-11-23-24(12-19)33-17-32-23/h1-13,16,25,28H,14-15,17H2/t25-/m0/s1. The van der Waals surface area contributed by atoms with Gasteiger partial charge >= 0.3 is 0 Å². The average molecular weight is 438 g/mol. The van der Waals surface area contributed by atoms with Crippen molar-refractivity contribution >= 4 is 11.6 Å². The van der Waals surface area contributed by atoms with Gasteiger partial charge in [-0.2, -0.15) is 5.10 Å². The first-order valence-electron chi connectivity index (χ1n) is 10.9. The molecule has 1 amide bonds. The van der Waals surface area contributed by atoms with Crippen molar-refractivity contribution in [2.45, 2.75) is 19.3 Å². The highest BCUT2D eigenvalue weighted by molar-refractivity contribution is 6.01. The minimum absolute atomic E-state index is 0.0252. The molecule has 1 atom stereocenters. The first kappa shape index (κ1) is 19.4. The maximum absolute atomic E-state index is 13.5. The van der Waals surface area contributed by atoms with Crippen LogP contribution in [0, 0.1) is 0 Å². The fourth-order valence-electron chi connectivity index (χ4n) is 4.33. The summed E-state index contributed by atoms with van der Waals surface area (Å²) in [6.45, 7) is 1.31. The minimum Gasteiger partial charge on any atom is -0.454 e. The zero-order chi connectivity index (χ0) is 22.2. The van der Waals surface area contributed by atoms with Crippen LogP contribution in [0.3, 0.4) is 0 Å². The Balaban J connectivity index is 1.33. The number of hydrogen-bond acceptors (Lipinski definition) is 5. The van der Waals surface area contributed by atoms with Crippen molar-refractivity contribution in [3.05, 3.63) is 107 Å². The number of nitrogens with one attached hydrogen (secondary N) is 1. The van der Waals surface area contributed by atoms with Gasteiger partial charge in [-0.3, -0.25) is 9.48 Å². The van der Waals surface area contributed by atoms with Crippen molar-refractivity contribution in [3.8, 4) is 11.5 Å². The smallest absolute Gasteiger partial charge is 0.258 e. The Labute approximate surface area is 191 Å². The molecule has 1 N–H and O–H groups in total. The fourth-order valence-corrected chi connectivity index (χ4v) is 4.33. The Morgan fingerprint density at radius 2 is 1.73 bits per heavy atom. The van der Waals surface area contributed by atoms with Crippen LogP contribution in [0.5, 0.6) is 11.5 Å². The van der Waals surface area contributed by atoms with E-state index in [2.05, 4.69) is 22.5 Å². The van der Waals surface area contributed by atoms with Gasteiger partial charge in [-0.05, 0) is 35.4 Å². The largest absolute Gasteiger partial charge is 0.454 e. The maximum Gasteiger partial charge on any atom is 0.258 e. The highest BCUT2D eigenvalue weighted by Crippen LogP contribution is 2.36.